The predicted octanol–water partition coefficient (Wildman–Crippen LogP) is 4.66. The van der Waals surface area contributed by atoms with Crippen LogP contribution in [0.5, 0.6) is 11.5 Å². The van der Waals surface area contributed by atoms with Crippen LogP contribution in [0, 0.1) is 5.82 Å². The zero-order chi connectivity index (χ0) is 25.4. The molecule has 1 aliphatic heterocycles. The maximum absolute atomic E-state index is 14.7. The average molecular weight is 494 g/mol. The molecule has 1 aromatic heterocycles. The smallest absolute Gasteiger partial charge is 0.271 e. The summed E-state index contributed by atoms with van der Waals surface area (Å²) in [5, 5.41) is 3.93. The second kappa shape index (κ2) is 9.48. The number of nitrogens with one attached hydrogen (secondary N) is 1. The van der Waals surface area contributed by atoms with Crippen LogP contribution < -0.4 is 14.8 Å². The molecule has 1 aliphatic carbocycles. The molecule has 3 aromatic rings. The van der Waals surface area contributed by atoms with Gasteiger partial charge in [0.05, 0.1) is 32.8 Å². The van der Waals surface area contributed by atoms with E-state index in [1.165, 1.54) is 17.4 Å². The highest BCUT2D eigenvalue weighted by molar-refractivity contribution is 6.05. The molecule has 2 amide bonds. The summed E-state index contributed by atoms with van der Waals surface area (Å²) in [4.78, 5) is 29.4. The van der Waals surface area contributed by atoms with E-state index in [1.807, 2.05) is 4.57 Å². The lowest BCUT2D eigenvalue weighted by Gasteiger charge is -2.45. The Morgan fingerprint density at radius 3 is 2.47 bits per heavy atom. The van der Waals surface area contributed by atoms with Gasteiger partial charge in [-0.15, -0.1) is 0 Å². The van der Waals surface area contributed by atoms with Crippen molar-refractivity contribution in [1.82, 2.24) is 14.8 Å². The van der Waals surface area contributed by atoms with Crippen molar-refractivity contribution in [2.45, 2.75) is 63.7 Å². The van der Waals surface area contributed by atoms with E-state index in [4.69, 9.17) is 9.47 Å². The Balaban J connectivity index is 1.63. The van der Waals surface area contributed by atoms with Crippen molar-refractivity contribution in [1.29, 1.82) is 0 Å². The number of halogens is 1. The molecule has 36 heavy (non-hydrogen) atoms. The van der Waals surface area contributed by atoms with Gasteiger partial charge in [-0.1, -0.05) is 37.5 Å². The van der Waals surface area contributed by atoms with Crippen LogP contribution in [0.4, 0.5) is 4.39 Å². The molecule has 2 heterocycles. The third-order valence-corrected chi connectivity index (χ3v) is 7.66. The van der Waals surface area contributed by atoms with Gasteiger partial charge >= 0.3 is 0 Å². The molecule has 7 nitrogen and oxygen atoms in total. The fraction of sp³-hybridized carbons (Fsp3) is 0.429. The number of carbonyl (C=O) groups excluding carboxylic acids is 2. The van der Waals surface area contributed by atoms with Crippen molar-refractivity contribution >= 4 is 22.7 Å². The SMILES string of the molecule is COc1ccc(OC)c2c1cc1n2CC(C)(C(=O)NC2CCCCC2)N(Cc2ccccc2F)C1=O. The Labute approximate surface area is 210 Å². The molecule has 190 valence electrons. The van der Waals surface area contributed by atoms with E-state index in [0.717, 1.165) is 31.1 Å². The molecule has 5 rings (SSSR count). The Kier molecular flexibility index (Phi) is 6.36. The van der Waals surface area contributed by atoms with Gasteiger partial charge in [-0.3, -0.25) is 9.59 Å². The third-order valence-electron chi connectivity index (χ3n) is 7.66. The second-order valence-electron chi connectivity index (χ2n) is 9.91. The van der Waals surface area contributed by atoms with E-state index in [-0.39, 0.29) is 30.9 Å². The molecular weight excluding hydrogens is 461 g/mol. The van der Waals surface area contributed by atoms with Crippen molar-refractivity contribution in [2.24, 2.45) is 0 Å². The van der Waals surface area contributed by atoms with Crippen LogP contribution in [0.1, 0.15) is 55.1 Å². The normalized spacial score (nSPS) is 20.3. The topological polar surface area (TPSA) is 72.8 Å². The lowest BCUT2D eigenvalue weighted by molar-refractivity contribution is -0.134. The monoisotopic (exact) mass is 493 g/mol. The molecule has 2 aromatic carbocycles. The summed E-state index contributed by atoms with van der Waals surface area (Å²) in [5.41, 5.74) is 0.223. The molecule has 1 unspecified atom stereocenters. The van der Waals surface area contributed by atoms with Gasteiger partial charge in [-0.25, -0.2) is 4.39 Å². The van der Waals surface area contributed by atoms with Crippen LogP contribution in [-0.2, 0) is 17.9 Å². The van der Waals surface area contributed by atoms with Crippen molar-refractivity contribution in [3.8, 4) is 11.5 Å². The standard InChI is InChI=1S/C28H32FN3O4/c1-28(27(34)30-19-10-5-4-6-11-19)17-31-22(15-20-23(35-2)13-14-24(36-3)25(20)31)26(33)32(28)16-18-9-7-8-12-21(18)29/h7-9,12-15,19H,4-6,10-11,16-17H2,1-3H3,(H,30,34). The second-order valence-corrected chi connectivity index (χ2v) is 9.91. The van der Waals surface area contributed by atoms with Crippen molar-refractivity contribution in [2.75, 3.05) is 14.2 Å². The predicted molar refractivity (Wildman–Crippen MR) is 135 cm³/mol. The van der Waals surface area contributed by atoms with Crippen LogP contribution >= 0.6 is 0 Å². The van der Waals surface area contributed by atoms with E-state index >= 15 is 0 Å². The Morgan fingerprint density at radius 1 is 1.08 bits per heavy atom. The molecule has 1 fully saturated rings. The number of hydrogen-bond acceptors (Lipinski definition) is 4. The van der Waals surface area contributed by atoms with Gasteiger partial charge < -0.3 is 24.3 Å². The van der Waals surface area contributed by atoms with Gasteiger partial charge in [0.15, 0.2) is 0 Å². The first kappa shape index (κ1) is 24.2. The van der Waals surface area contributed by atoms with Crippen LogP contribution in [0.15, 0.2) is 42.5 Å². The Morgan fingerprint density at radius 2 is 1.78 bits per heavy atom. The van der Waals surface area contributed by atoms with Crippen molar-refractivity contribution < 1.29 is 23.5 Å². The van der Waals surface area contributed by atoms with Gasteiger partial charge in [-0.05, 0) is 44.0 Å². The highest BCUT2D eigenvalue weighted by Crippen LogP contribution is 2.40. The molecule has 1 N–H and O–H groups in total. The first-order valence-corrected chi connectivity index (χ1v) is 12.5. The summed E-state index contributed by atoms with van der Waals surface area (Å²) in [5.74, 6) is 0.214. The number of rotatable bonds is 6. The quantitative estimate of drug-likeness (QED) is 0.542. The molecule has 8 heteroatoms. The fourth-order valence-electron chi connectivity index (χ4n) is 5.59. The van der Waals surface area contributed by atoms with Crippen LogP contribution in [0.25, 0.3) is 10.9 Å². The zero-order valence-corrected chi connectivity index (χ0v) is 21.0. The summed E-state index contributed by atoms with van der Waals surface area (Å²) in [6, 6.07) is 11.8. The molecule has 0 spiro atoms. The van der Waals surface area contributed by atoms with E-state index in [9.17, 15) is 14.0 Å². The van der Waals surface area contributed by atoms with Crippen molar-refractivity contribution in [3.63, 3.8) is 0 Å². The Bertz CT molecular complexity index is 1310. The summed E-state index contributed by atoms with van der Waals surface area (Å²) >= 11 is 0. The van der Waals surface area contributed by atoms with Gasteiger partial charge in [0, 0.05) is 17.0 Å². The molecule has 2 aliphatic rings. The number of carbonyl (C=O) groups is 2. The van der Waals surface area contributed by atoms with Gasteiger partial charge in [0.25, 0.3) is 5.91 Å². The minimum atomic E-state index is -1.25. The van der Waals surface area contributed by atoms with Crippen LogP contribution in [0.2, 0.25) is 0 Å². The molecule has 0 saturated heterocycles. The number of amides is 2. The first-order valence-electron chi connectivity index (χ1n) is 12.5. The number of ether oxygens (including phenoxy) is 2. The molecular formula is C28H32FN3O4. The number of nitrogens with zero attached hydrogens (tertiary/aromatic N) is 2. The van der Waals surface area contributed by atoms with E-state index < -0.39 is 11.4 Å². The number of methoxy groups -OCH3 is 2. The number of benzene rings is 2. The van der Waals surface area contributed by atoms with Gasteiger partial charge in [-0.2, -0.15) is 0 Å². The third kappa shape index (κ3) is 3.98. The maximum Gasteiger partial charge on any atom is 0.271 e. The summed E-state index contributed by atoms with van der Waals surface area (Å²) in [6.45, 7) is 1.95. The average Bonchev–Trinajstić information content (AvgIpc) is 3.27. The van der Waals surface area contributed by atoms with E-state index in [2.05, 4.69) is 5.32 Å². The summed E-state index contributed by atoms with van der Waals surface area (Å²) < 4.78 is 27.7. The van der Waals surface area contributed by atoms with Crippen LogP contribution in [-0.4, -0.2) is 47.1 Å². The van der Waals surface area contributed by atoms with Gasteiger partial charge in [0.1, 0.15) is 28.5 Å². The maximum atomic E-state index is 14.7. The van der Waals surface area contributed by atoms with Crippen LogP contribution in [0.3, 0.4) is 0 Å². The Hall–Kier alpha value is -3.55. The van der Waals surface area contributed by atoms with E-state index in [1.54, 1.807) is 57.5 Å². The van der Waals surface area contributed by atoms with Crippen molar-refractivity contribution in [3.05, 3.63) is 59.5 Å². The lowest BCUT2D eigenvalue weighted by atomic mass is 9.91. The van der Waals surface area contributed by atoms with Gasteiger partial charge in [0.2, 0.25) is 5.91 Å². The molecule has 1 saturated carbocycles. The summed E-state index contributed by atoms with van der Waals surface area (Å²) in [7, 11) is 3.15. The number of hydrogen-bond donors (Lipinski definition) is 1. The highest BCUT2D eigenvalue weighted by Gasteiger charge is 2.48. The number of fused-ring (bicyclic) bond motifs is 3. The first-order chi connectivity index (χ1) is 17.4. The lowest BCUT2D eigenvalue weighted by Crippen LogP contribution is -2.64. The minimum absolute atomic E-state index is 0.0180. The van der Waals surface area contributed by atoms with E-state index in [0.29, 0.717) is 28.3 Å². The highest BCUT2D eigenvalue weighted by atomic mass is 19.1. The molecule has 0 bridgehead atoms. The zero-order valence-electron chi connectivity index (χ0n) is 21.0. The molecule has 1 atom stereocenters. The largest absolute Gasteiger partial charge is 0.496 e. The molecule has 0 radical (unpaired) electrons. The summed E-state index contributed by atoms with van der Waals surface area (Å²) in [6.07, 6.45) is 5.16. The minimum Gasteiger partial charge on any atom is -0.496 e. The number of aromatic nitrogens is 1. The fourth-order valence-corrected chi connectivity index (χ4v) is 5.59.